The first-order chi connectivity index (χ1) is 11.1. The number of carbonyl (C=O) groups excluding carboxylic acids is 1. The summed E-state index contributed by atoms with van der Waals surface area (Å²) in [6.07, 6.45) is 0. The lowest BCUT2D eigenvalue weighted by molar-refractivity contribution is -0.122. The average Bonchev–Trinajstić information content (AvgIpc) is 2.57. The zero-order valence-electron chi connectivity index (χ0n) is 14.6. The van der Waals surface area contributed by atoms with Crippen LogP contribution in [-0.4, -0.2) is 38.0 Å². The van der Waals surface area contributed by atoms with E-state index in [1.165, 1.54) is 5.56 Å². The Morgan fingerprint density at radius 3 is 1.88 bits per heavy atom. The molecule has 0 bridgehead atoms. The van der Waals surface area contributed by atoms with Crippen LogP contribution >= 0.6 is 24.8 Å². The van der Waals surface area contributed by atoms with Crippen LogP contribution in [0.15, 0.2) is 60.7 Å². The normalized spacial score (nSPS) is 12.5. The maximum Gasteiger partial charge on any atom is 0.228 e. The summed E-state index contributed by atoms with van der Waals surface area (Å²) in [7, 11) is 4.03. The van der Waals surface area contributed by atoms with Gasteiger partial charge in [-0.2, -0.15) is 0 Å². The molecule has 25 heavy (non-hydrogen) atoms. The quantitative estimate of drug-likeness (QED) is 0.772. The van der Waals surface area contributed by atoms with E-state index in [0.717, 1.165) is 5.56 Å². The molecular weight excluding hydrogens is 357 g/mol. The van der Waals surface area contributed by atoms with Crippen LogP contribution in [0.2, 0.25) is 0 Å². The number of hydrogen-bond acceptors (Lipinski definition) is 3. The van der Waals surface area contributed by atoms with E-state index in [9.17, 15) is 4.79 Å². The van der Waals surface area contributed by atoms with Gasteiger partial charge in [-0.15, -0.1) is 24.8 Å². The molecule has 0 fully saturated rings. The van der Waals surface area contributed by atoms with Gasteiger partial charge in [-0.25, -0.2) is 0 Å². The predicted octanol–water partition coefficient (Wildman–Crippen LogP) is 2.99. The molecule has 2 unspecified atom stereocenters. The van der Waals surface area contributed by atoms with Gasteiger partial charge in [0.2, 0.25) is 5.91 Å². The number of likely N-dealkylation sites (N-methyl/N-ethyl adjacent to an activating group) is 1. The van der Waals surface area contributed by atoms with Gasteiger partial charge in [0.05, 0.1) is 12.0 Å². The Bertz CT molecular complexity index is 609. The van der Waals surface area contributed by atoms with Crippen molar-refractivity contribution in [3.8, 4) is 0 Å². The number of benzene rings is 2. The lowest BCUT2D eigenvalue weighted by Gasteiger charge is -2.26. The first-order valence-corrected chi connectivity index (χ1v) is 7.87. The number of rotatable bonds is 7. The summed E-state index contributed by atoms with van der Waals surface area (Å²) in [5, 5.41) is 3.05. The highest BCUT2D eigenvalue weighted by atomic mass is 35.5. The van der Waals surface area contributed by atoms with Crippen molar-refractivity contribution in [1.82, 2.24) is 10.2 Å². The van der Waals surface area contributed by atoms with E-state index < -0.39 is 0 Å². The maximum atomic E-state index is 12.5. The van der Waals surface area contributed by atoms with Crippen LogP contribution in [-0.2, 0) is 4.79 Å². The molecule has 2 aromatic rings. The van der Waals surface area contributed by atoms with Crippen molar-refractivity contribution in [2.45, 2.75) is 12.0 Å². The Morgan fingerprint density at radius 1 is 0.960 bits per heavy atom. The molecule has 138 valence electrons. The second-order valence-electron chi connectivity index (χ2n) is 5.83. The second kappa shape index (κ2) is 11.9. The summed E-state index contributed by atoms with van der Waals surface area (Å²) in [6, 6.07) is 20.0. The minimum Gasteiger partial charge on any atom is -0.354 e. The smallest absolute Gasteiger partial charge is 0.228 e. The van der Waals surface area contributed by atoms with Crippen molar-refractivity contribution in [3.05, 3.63) is 71.8 Å². The molecule has 2 atom stereocenters. The summed E-state index contributed by atoms with van der Waals surface area (Å²) < 4.78 is 0. The van der Waals surface area contributed by atoms with E-state index in [2.05, 4.69) is 22.3 Å². The van der Waals surface area contributed by atoms with Gasteiger partial charge in [0.15, 0.2) is 0 Å². The van der Waals surface area contributed by atoms with E-state index in [0.29, 0.717) is 13.1 Å². The van der Waals surface area contributed by atoms with Gasteiger partial charge in [0.1, 0.15) is 0 Å². The lowest BCUT2D eigenvalue weighted by Crippen LogP contribution is -2.38. The third-order valence-electron chi connectivity index (χ3n) is 4.03. The Labute approximate surface area is 162 Å². The SMILES string of the molecule is CN(C)C(CNC(=O)C(CN)c1ccccc1)c1ccccc1.Cl.Cl. The fourth-order valence-corrected chi connectivity index (χ4v) is 2.67. The van der Waals surface area contributed by atoms with Crippen molar-refractivity contribution in [2.75, 3.05) is 27.2 Å². The largest absolute Gasteiger partial charge is 0.354 e. The van der Waals surface area contributed by atoms with Gasteiger partial charge in [0.25, 0.3) is 0 Å². The summed E-state index contributed by atoms with van der Waals surface area (Å²) in [5.41, 5.74) is 7.95. The van der Waals surface area contributed by atoms with E-state index in [1.54, 1.807) is 0 Å². The summed E-state index contributed by atoms with van der Waals surface area (Å²) >= 11 is 0. The van der Waals surface area contributed by atoms with Gasteiger partial charge in [-0.3, -0.25) is 4.79 Å². The summed E-state index contributed by atoms with van der Waals surface area (Å²) in [4.78, 5) is 14.6. The molecule has 0 aliphatic rings. The topological polar surface area (TPSA) is 58.4 Å². The number of nitrogens with two attached hydrogens (primary N) is 1. The van der Waals surface area contributed by atoms with E-state index >= 15 is 0 Å². The van der Waals surface area contributed by atoms with Crippen molar-refractivity contribution < 1.29 is 4.79 Å². The highest BCUT2D eigenvalue weighted by molar-refractivity contribution is 5.85. The van der Waals surface area contributed by atoms with Crippen LogP contribution in [0.25, 0.3) is 0 Å². The van der Waals surface area contributed by atoms with Crippen LogP contribution in [0, 0.1) is 0 Å². The van der Waals surface area contributed by atoms with Gasteiger partial charge < -0.3 is 16.0 Å². The van der Waals surface area contributed by atoms with Gasteiger partial charge in [-0.05, 0) is 25.2 Å². The number of nitrogens with one attached hydrogen (secondary N) is 1. The number of carbonyl (C=O) groups is 1. The Hall–Kier alpha value is -1.59. The zero-order valence-corrected chi connectivity index (χ0v) is 16.2. The molecule has 2 rings (SSSR count). The molecule has 1 amide bonds. The predicted molar refractivity (Wildman–Crippen MR) is 109 cm³/mol. The van der Waals surface area contributed by atoms with Crippen molar-refractivity contribution in [2.24, 2.45) is 5.73 Å². The Morgan fingerprint density at radius 2 is 1.44 bits per heavy atom. The van der Waals surface area contributed by atoms with Gasteiger partial charge >= 0.3 is 0 Å². The molecule has 0 aliphatic carbocycles. The summed E-state index contributed by atoms with van der Waals surface area (Å²) in [5.74, 6) is -0.337. The van der Waals surface area contributed by atoms with Gasteiger partial charge in [0, 0.05) is 13.1 Å². The molecule has 0 saturated heterocycles. The third kappa shape index (κ3) is 6.67. The molecular formula is C19H27Cl2N3O. The highest BCUT2D eigenvalue weighted by Gasteiger charge is 2.21. The molecule has 2 aromatic carbocycles. The van der Waals surface area contributed by atoms with Crippen LogP contribution in [0.1, 0.15) is 23.1 Å². The fourth-order valence-electron chi connectivity index (χ4n) is 2.67. The standard InChI is InChI=1S/C19H25N3O.2ClH/c1-22(2)18(16-11-7-4-8-12-16)14-21-19(23)17(13-20)15-9-5-3-6-10-15;;/h3-12,17-18H,13-14,20H2,1-2H3,(H,21,23);2*1H. The first-order valence-electron chi connectivity index (χ1n) is 7.87. The van der Waals surface area contributed by atoms with Crippen LogP contribution < -0.4 is 11.1 Å². The Kier molecular flexibility index (Phi) is 11.1. The average molecular weight is 384 g/mol. The Balaban J connectivity index is 0.00000288. The number of amides is 1. The number of hydrogen-bond donors (Lipinski definition) is 2. The van der Waals surface area contributed by atoms with Crippen LogP contribution in [0.5, 0.6) is 0 Å². The first kappa shape index (κ1) is 23.4. The fraction of sp³-hybridized carbons (Fsp3) is 0.316. The molecule has 0 aromatic heterocycles. The van der Waals surface area contributed by atoms with Crippen LogP contribution in [0.4, 0.5) is 0 Å². The van der Waals surface area contributed by atoms with E-state index in [1.807, 2.05) is 62.6 Å². The number of nitrogens with zero attached hydrogens (tertiary/aromatic N) is 1. The summed E-state index contributed by atoms with van der Waals surface area (Å²) in [6.45, 7) is 0.854. The third-order valence-corrected chi connectivity index (χ3v) is 4.03. The molecule has 3 N–H and O–H groups in total. The highest BCUT2D eigenvalue weighted by Crippen LogP contribution is 2.18. The molecule has 0 saturated carbocycles. The monoisotopic (exact) mass is 383 g/mol. The molecule has 0 spiro atoms. The van der Waals surface area contributed by atoms with Crippen molar-refractivity contribution >= 4 is 30.7 Å². The molecule has 0 radical (unpaired) electrons. The zero-order chi connectivity index (χ0) is 16.7. The minimum absolute atomic E-state index is 0. The van der Waals surface area contributed by atoms with Gasteiger partial charge in [-0.1, -0.05) is 60.7 Å². The lowest BCUT2D eigenvalue weighted by atomic mass is 9.98. The second-order valence-corrected chi connectivity index (χ2v) is 5.83. The molecule has 0 heterocycles. The molecule has 6 heteroatoms. The maximum absolute atomic E-state index is 12.5. The number of halogens is 2. The van der Waals surface area contributed by atoms with E-state index in [4.69, 9.17) is 5.73 Å². The molecule has 4 nitrogen and oxygen atoms in total. The van der Waals surface area contributed by atoms with Crippen LogP contribution in [0.3, 0.4) is 0 Å². The van der Waals surface area contributed by atoms with E-state index in [-0.39, 0.29) is 42.7 Å². The van der Waals surface area contributed by atoms with Crippen molar-refractivity contribution in [3.63, 3.8) is 0 Å². The molecule has 0 aliphatic heterocycles. The minimum atomic E-state index is -0.310. The van der Waals surface area contributed by atoms with Crippen molar-refractivity contribution in [1.29, 1.82) is 0 Å².